The Morgan fingerprint density at radius 2 is 2.15 bits per heavy atom. The first-order valence-electron chi connectivity index (χ1n) is 6.44. The van der Waals surface area contributed by atoms with Gasteiger partial charge in [0.15, 0.2) is 0 Å². The van der Waals surface area contributed by atoms with Crippen molar-refractivity contribution in [2.45, 2.75) is 24.3 Å². The number of nitrogens with two attached hydrogens (primary N) is 1. The predicted molar refractivity (Wildman–Crippen MR) is 79.2 cm³/mol. The molecule has 2 rings (SSSR count). The largest absolute Gasteiger partial charge is 0.397 e. The summed E-state index contributed by atoms with van der Waals surface area (Å²) in [5, 5.41) is 0.353. The molecule has 1 aliphatic heterocycles. The van der Waals surface area contributed by atoms with Crippen LogP contribution in [0.25, 0.3) is 0 Å². The lowest BCUT2D eigenvalue weighted by molar-refractivity contribution is 0.0184. The van der Waals surface area contributed by atoms with E-state index in [9.17, 15) is 8.42 Å². The fraction of sp³-hybridized carbons (Fsp3) is 0.538. The van der Waals surface area contributed by atoms with Gasteiger partial charge in [-0.2, -0.15) is 4.31 Å². The van der Waals surface area contributed by atoms with Crippen LogP contribution >= 0.6 is 11.6 Å². The molecule has 0 aromatic heterocycles. The molecule has 2 atom stereocenters. The Labute approximate surface area is 124 Å². The maximum Gasteiger partial charge on any atom is 0.243 e. The molecular formula is C13H19ClN2O3S. The third-order valence-electron chi connectivity index (χ3n) is 3.76. The average molecular weight is 319 g/mol. The van der Waals surface area contributed by atoms with Gasteiger partial charge in [-0.3, -0.25) is 0 Å². The van der Waals surface area contributed by atoms with E-state index >= 15 is 0 Å². The van der Waals surface area contributed by atoms with E-state index in [1.165, 1.54) is 22.5 Å². The van der Waals surface area contributed by atoms with Crippen molar-refractivity contribution in [1.29, 1.82) is 0 Å². The van der Waals surface area contributed by atoms with E-state index in [-0.39, 0.29) is 16.7 Å². The highest BCUT2D eigenvalue weighted by Crippen LogP contribution is 2.28. The number of methoxy groups -OCH3 is 1. The zero-order valence-corrected chi connectivity index (χ0v) is 13.1. The summed E-state index contributed by atoms with van der Waals surface area (Å²) in [5.74, 6) is 0.349. The first-order chi connectivity index (χ1) is 9.36. The zero-order valence-electron chi connectivity index (χ0n) is 11.5. The highest BCUT2D eigenvalue weighted by molar-refractivity contribution is 7.89. The van der Waals surface area contributed by atoms with Gasteiger partial charge in [0.2, 0.25) is 10.0 Å². The van der Waals surface area contributed by atoms with Gasteiger partial charge in [-0.05, 0) is 30.5 Å². The molecule has 2 N–H and O–H groups in total. The van der Waals surface area contributed by atoms with Crippen LogP contribution in [0.15, 0.2) is 23.1 Å². The summed E-state index contributed by atoms with van der Waals surface area (Å²) >= 11 is 5.83. The molecule has 1 fully saturated rings. The predicted octanol–water partition coefficient (Wildman–Crippen LogP) is 1.97. The first-order valence-corrected chi connectivity index (χ1v) is 8.26. The van der Waals surface area contributed by atoms with Gasteiger partial charge in [0, 0.05) is 20.2 Å². The third kappa shape index (κ3) is 2.93. The van der Waals surface area contributed by atoms with Crippen molar-refractivity contribution >= 4 is 27.3 Å². The van der Waals surface area contributed by atoms with Crippen LogP contribution in [0, 0.1) is 5.92 Å². The number of nitrogen functional groups attached to an aromatic ring is 1. The fourth-order valence-corrected chi connectivity index (χ4v) is 3.98. The molecule has 1 aliphatic rings. The molecule has 0 spiro atoms. The second kappa shape index (κ2) is 5.89. The summed E-state index contributed by atoms with van der Waals surface area (Å²) in [4.78, 5) is 0.170. The molecule has 1 saturated heterocycles. The van der Waals surface area contributed by atoms with Gasteiger partial charge in [-0.25, -0.2) is 8.42 Å². The molecule has 1 heterocycles. The van der Waals surface area contributed by atoms with Gasteiger partial charge in [-0.15, -0.1) is 0 Å². The van der Waals surface area contributed by atoms with Crippen LogP contribution in [0.4, 0.5) is 5.69 Å². The molecule has 1 aromatic carbocycles. The minimum atomic E-state index is -3.55. The van der Waals surface area contributed by atoms with Gasteiger partial charge in [0.25, 0.3) is 0 Å². The number of hydrogen-bond donors (Lipinski definition) is 1. The maximum atomic E-state index is 12.6. The molecule has 0 radical (unpaired) electrons. The summed E-state index contributed by atoms with van der Waals surface area (Å²) < 4.78 is 32.0. The van der Waals surface area contributed by atoms with Crippen molar-refractivity contribution in [3.8, 4) is 0 Å². The summed E-state index contributed by atoms with van der Waals surface area (Å²) in [6.07, 6.45) is 0.698. The third-order valence-corrected chi connectivity index (χ3v) is 5.97. The van der Waals surface area contributed by atoms with Crippen LogP contribution in [0.5, 0.6) is 0 Å². The van der Waals surface area contributed by atoms with Gasteiger partial charge in [-0.1, -0.05) is 18.5 Å². The zero-order chi connectivity index (χ0) is 14.9. The number of rotatable bonds is 3. The van der Waals surface area contributed by atoms with Gasteiger partial charge in [0.1, 0.15) is 0 Å². The van der Waals surface area contributed by atoms with Crippen molar-refractivity contribution in [3.05, 3.63) is 23.2 Å². The monoisotopic (exact) mass is 318 g/mol. The molecule has 0 amide bonds. The van der Waals surface area contributed by atoms with E-state index in [0.717, 1.165) is 6.42 Å². The molecule has 20 heavy (non-hydrogen) atoms. The Balaban J connectivity index is 2.28. The standard InChI is InChI=1S/C13H19ClN2O3S/c1-9-5-6-16(8-13(9)19-2)20(17,18)10-3-4-11(14)12(15)7-10/h3-4,7,9,13H,5-6,8,15H2,1-2H3. The van der Waals surface area contributed by atoms with Gasteiger partial charge in [0.05, 0.1) is 21.7 Å². The highest BCUT2D eigenvalue weighted by Gasteiger charge is 2.33. The minimum absolute atomic E-state index is 0.0804. The highest BCUT2D eigenvalue weighted by atomic mass is 35.5. The lowest BCUT2D eigenvalue weighted by Gasteiger charge is -2.35. The Morgan fingerprint density at radius 1 is 1.45 bits per heavy atom. The molecule has 0 saturated carbocycles. The van der Waals surface area contributed by atoms with Crippen molar-refractivity contribution in [1.82, 2.24) is 4.31 Å². The molecule has 0 bridgehead atoms. The number of hydrogen-bond acceptors (Lipinski definition) is 4. The lowest BCUT2D eigenvalue weighted by Crippen LogP contribution is -2.46. The Hall–Kier alpha value is -0.820. The summed E-state index contributed by atoms with van der Waals surface area (Å²) in [6.45, 7) is 2.92. The molecule has 5 nitrogen and oxygen atoms in total. The lowest BCUT2D eigenvalue weighted by atomic mass is 9.97. The SMILES string of the molecule is COC1CN(S(=O)(=O)c2ccc(Cl)c(N)c2)CCC1C. The fourth-order valence-electron chi connectivity index (χ4n) is 2.36. The molecular weight excluding hydrogens is 300 g/mol. The number of halogens is 1. The van der Waals surface area contributed by atoms with E-state index in [4.69, 9.17) is 22.1 Å². The van der Waals surface area contributed by atoms with Crippen LogP contribution in [0.1, 0.15) is 13.3 Å². The van der Waals surface area contributed by atoms with Crippen molar-refractivity contribution in [2.24, 2.45) is 5.92 Å². The maximum absolute atomic E-state index is 12.6. The quantitative estimate of drug-likeness (QED) is 0.865. The Kier molecular flexibility index (Phi) is 4.59. The Morgan fingerprint density at radius 3 is 2.75 bits per heavy atom. The van der Waals surface area contributed by atoms with Gasteiger partial charge >= 0.3 is 0 Å². The summed E-state index contributed by atoms with van der Waals surface area (Å²) in [6, 6.07) is 4.38. The van der Waals surface area contributed by atoms with Crippen molar-refractivity contribution in [3.63, 3.8) is 0 Å². The topological polar surface area (TPSA) is 72.6 Å². The van der Waals surface area contributed by atoms with E-state index in [2.05, 4.69) is 6.92 Å². The van der Waals surface area contributed by atoms with Crippen LogP contribution < -0.4 is 5.73 Å². The first kappa shape index (κ1) is 15.6. The Bertz CT molecular complexity index is 591. The number of benzene rings is 1. The minimum Gasteiger partial charge on any atom is -0.397 e. The van der Waals surface area contributed by atoms with E-state index < -0.39 is 10.0 Å². The normalized spacial score (nSPS) is 24.8. The van der Waals surface area contributed by atoms with Crippen molar-refractivity contribution in [2.75, 3.05) is 25.9 Å². The molecule has 0 aliphatic carbocycles. The average Bonchev–Trinajstić information content (AvgIpc) is 2.42. The summed E-state index contributed by atoms with van der Waals surface area (Å²) in [7, 11) is -1.94. The molecule has 112 valence electrons. The van der Waals surface area contributed by atoms with Gasteiger partial charge < -0.3 is 10.5 Å². The van der Waals surface area contributed by atoms with E-state index in [1.54, 1.807) is 7.11 Å². The molecule has 2 unspecified atom stereocenters. The van der Waals surface area contributed by atoms with E-state index in [1.807, 2.05) is 0 Å². The van der Waals surface area contributed by atoms with Crippen molar-refractivity contribution < 1.29 is 13.2 Å². The number of sulfonamides is 1. The number of nitrogens with zero attached hydrogens (tertiary/aromatic N) is 1. The number of ether oxygens (including phenoxy) is 1. The molecule has 7 heteroatoms. The van der Waals surface area contributed by atoms with Crippen LogP contribution in [-0.4, -0.2) is 39.0 Å². The number of anilines is 1. The second-order valence-electron chi connectivity index (χ2n) is 5.09. The van der Waals surface area contributed by atoms with Crippen LogP contribution in [0.2, 0.25) is 5.02 Å². The summed E-state index contributed by atoms with van der Waals surface area (Å²) in [5.41, 5.74) is 5.95. The van der Waals surface area contributed by atoms with E-state index in [0.29, 0.717) is 24.0 Å². The van der Waals surface area contributed by atoms with Crippen LogP contribution in [-0.2, 0) is 14.8 Å². The second-order valence-corrected chi connectivity index (χ2v) is 7.43. The molecule has 1 aromatic rings. The van der Waals surface area contributed by atoms with Crippen LogP contribution in [0.3, 0.4) is 0 Å². The smallest absolute Gasteiger partial charge is 0.243 e. The number of piperidine rings is 1.